The van der Waals surface area contributed by atoms with Crippen molar-refractivity contribution in [3.05, 3.63) is 100 Å². The highest BCUT2D eigenvalue weighted by Crippen LogP contribution is 2.29. The van der Waals surface area contributed by atoms with Crippen molar-refractivity contribution in [2.75, 3.05) is 0 Å². The Morgan fingerprint density at radius 3 is 2.53 bits per heavy atom. The van der Waals surface area contributed by atoms with Gasteiger partial charge in [-0.1, -0.05) is 24.3 Å². The highest BCUT2D eigenvalue weighted by molar-refractivity contribution is 6.05. The first-order chi connectivity index (χ1) is 18.1. The number of hydrogen-bond donors (Lipinski definition) is 2. The summed E-state index contributed by atoms with van der Waals surface area (Å²) in [5, 5.41) is 19.8. The van der Waals surface area contributed by atoms with E-state index in [1.807, 2.05) is 24.3 Å². The monoisotopic (exact) mass is 513 g/mol. The van der Waals surface area contributed by atoms with E-state index in [1.54, 1.807) is 36.9 Å². The zero-order valence-electron chi connectivity index (χ0n) is 20.9. The van der Waals surface area contributed by atoms with Gasteiger partial charge in [0.15, 0.2) is 5.69 Å². The van der Waals surface area contributed by atoms with Gasteiger partial charge in [0.1, 0.15) is 11.6 Å². The maximum atomic E-state index is 13.8. The van der Waals surface area contributed by atoms with Crippen LogP contribution in [0.4, 0.5) is 8.78 Å². The van der Waals surface area contributed by atoms with Crippen LogP contribution in [-0.2, 0) is 23.3 Å². The van der Waals surface area contributed by atoms with Crippen molar-refractivity contribution in [3.63, 3.8) is 0 Å². The summed E-state index contributed by atoms with van der Waals surface area (Å²) in [6.45, 7) is 3.62. The van der Waals surface area contributed by atoms with Gasteiger partial charge in [0.05, 0.1) is 22.7 Å². The number of rotatable bonds is 5. The number of halogens is 2. The Labute approximate surface area is 218 Å². The lowest BCUT2D eigenvalue weighted by Gasteiger charge is -2.37. The smallest absolute Gasteiger partial charge is 0.275 e. The van der Waals surface area contributed by atoms with Gasteiger partial charge in [0.25, 0.3) is 5.91 Å². The molecule has 7 nitrogen and oxygen atoms in total. The second-order valence-corrected chi connectivity index (χ2v) is 10.0. The summed E-state index contributed by atoms with van der Waals surface area (Å²) in [5.74, 6) is -2.17. The van der Waals surface area contributed by atoms with Gasteiger partial charge in [0, 0.05) is 30.5 Å². The molecule has 4 aromatic rings. The number of hydrogen-bond acceptors (Lipinski definition) is 4. The summed E-state index contributed by atoms with van der Waals surface area (Å²) in [5.41, 5.74) is 2.48. The molecule has 192 valence electrons. The van der Waals surface area contributed by atoms with E-state index in [0.29, 0.717) is 28.5 Å². The Morgan fingerprint density at radius 2 is 1.82 bits per heavy atom. The minimum absolute atomic E-state index is 0.0207. The van der Waals surface area contributed by atoms with Crippen LogP contribution < -0.4 is 5.32 Å². The second-order valence-electron chi connectivity index (χ2n) is 10.0. The number of nitrogens with zero attached hydrogens (tertiary/aromatic N) is 3. The van der Waals surface area contributed by atoms with Crippen LogP contribution in [0.25, 0.3) is 10.9 Å². The van der Waals surface area contributed by atoms with E-state index in [2.05, 4.69) is 21.6 Å². The van der Waals surface area contributed by atoms with E-state index in [0.717, 1.165) is 17.2 Å². The number of amides is 2. The van der Waals surface area contributed by atoms with E-state index in [9.17, 15) is 23.6 Å². The third kappa shape index (κ3) is 4.85. The van der Waals surface area contributed by atoms with E-state index in [-0.39, 0.29) is 30.5 Å². The second kappa shape index (κ2) is 9.71. The van der Waals surface area contributed by atoms with Gasteiger partial charge in [-0.15, -0.1) is 0 Å². The van der Waals surface area contributed by atoms with Crippen molar-refractivity contribution in [1.29, 1.82) is 5.26 Å². The van der Waals surface area contributed by atoms with Crippen LogP contribution in [0.5, 0.6) is 0 Å². The Hall–Kier alpha value is -4.58. The molecule has 0 unspecified atom stereocenters. The van der Waals surface area contributed by atoms with Gasteiger partial charge in [-0.05, 0) is 67.3 Å². The van der Waals surface area contributed by atoms with Crippen LogP contribution in [0, 0.1) is 23.0 Å². The number of benzene rings is 3. The summed E-state index contributed by atoms with van der Waals surface area (Å²) in [6, 6.07) is 17.5. The first-order valence-corrected chi connectivity index (χ1v) is 12.2. The molecular formula is C29H25F2N5O2. The molecule has 1 aliphatic heterocycles. The van der Waals surface area contributed by atoms with E-state index < -0.39 is 23.2 Å². The van der Waals surface area contributed by atoms with E-state index >= 15 is 0 Å². The number of nitriles is 1. The number of carbonyl (C=O) groups excluding carboxylic acids is 2. The predicted molar refractivity (Wildman–Crippen MR) is 137 cm³/mol. The Kier molecular flexibility index (Phi) is 6.41. The number of H-pyrrole nitrogens is 1. The van der Waals surface area contributed by atoms with Crippen molar-refractivity contribution in [3.8, 4) is 6.07 Å². The van der Waals surface area contributed by atoms with E-state index in [4.69, 9.17) is 0 Å². The summed E-state index contributed by atoms with van der Waals surface area (Å²) >= 11 is 0. The molecule has 2 N–H and O–H groups in total. The average Bonchev–Trinajstić information content (AvgIpc) is 3.30. The maximum Gasteiger partial charge on any atom is 0.275 e. The molecule has 1 aliphatic rings. The van der Waals surface area contributed by atoms with Crippen molar-refractivity contribution >= 4 is 22.7 Å². The molecule has 0 radical (unpaired) electrons. The number of carbonyl (C=O) groups is 2. The minimum atomic E-state index is -1.05. The highest BCUT2D eigenvalue weighted by atomic mass is 19.1. The van der Waals surface area contributed by atoms with E-state index in [1.165, 1.54) is 12.1 Å². The molecule has 2 amide bonds. The topological polar surface area (TPSA) is 102 Å². The van der Waals surface area contributed by atoms with Gasteiger partial charge < -0.3 is 10.2 Å². The van der Waals surface area contributed by atoms with Crippen molar-refractivity contribution in [2.24, 2.45) is 0 Å². The summed E-state index contributed by atoms with van der Waals surface area (Å²) in [7, 11) is 0. The Balaban J connectivity index is 1.43. The molecule has 0 fully saturated rings. The summed E-state index contributed by atoms with van der Waals surface area (Å²) in [4.78, 5) is 28.7. The fraction of sp³-hybridized carbons (Fsp3) is 0.241. The largest absolute Gasteiger partial charge is 0.347 e. The first kappa shape index (κ1) is 25.1. The Morgan fingerprint density at radius 1 is 1.11 bits per heavy atom. The normalized spacial score (nSPS) is 15.1. The van der Waals surface area contributed by atoms with Crippen LogP contribution in [0.15, 0.2) is 60.7 Å². The molecule has 3 aromatic carbocycles. The van der Waals surface area contributed by atoms with Crippen LogP contribution in [0.2, 0.25) is 0 Å². The molecule has 0 saturated heterocycles. The van der Waals surface area contributed by atoms with Crippen molar-refractivity contribution in [2.45, 2.75) is 44.8 Å². The zero-order chi connectivity index (χ0) is 27.0. The maximum absolute atomic E-state index is 13.8. The van der Waals surface area contributed by atoms with Crippen molar-refractivity contribution in [1.82, 2.24) is 20.4 Å². The fourth-order valence-corrected chi connectivity index (χ4v) is 4.99. The molecule has 1 aromatic heterocycles. The van der Waals surface area contributed by atoms with Crippen LogP contribution in [0.1, 0.15) is 53.0 Å². The van der Waals surface area contributed by atoms with Gasteiger partial charge in [-0.2, -0.15) is 10.4 Å². The third-order valence-electron chi connectivity index (χ3n) is 6.97. The zero-order valence-corrected chi connectivity index (χ0v) is 20.9. The van der Waals surface area contributed by atoms with Gasteiger partial charge >= 0.3 is 0 Å². The lowest BCUT2D eigenvalue weighted by Crippen LogP contribution is -2.49. The lowest BCUT2D eigenvalue weighted by molar-refractivity contribution is -0.123. The number of aromatic amines is 1. The third-order valence-corrected chi connectivity index (χ3v) is 6.97. The molecular weight excluding hydrogens is 488 g/mol. The lowest BCUT2D eigenvalue weighted by atomic mass is 9.90. The summed E-state index contributed by atoms with van der Waals surface area (Å²) in [6.07, 6.45) is 0.434. The molecule has 5 rings (SSSR count). The molecule has 0 aliphatic carbocycles. The molecule has 0 saturated carbocycles. The highest BCUT2D eigenvalue weighted by Gasteiger charge is 2.35. The average molecular weight is 514 g/mol. The van der Waals surface area contributed by atoms with Crippen LogP contribution in [0.3, 0.4) is 0 Å². The minimum Gasteiger partial charge on any atom is -0.347 e. The molecule has 38 heavy (non-hydrogen) atoms. The SMILES string of the molecule is CC(C)(NC(=O)C[C@H]1Cc2ccccc2CN1C(=O)c1n[nH]c2ccc(C#N)cc12)c1cc(F)cc(F)c1. The van der Waals surface area contributed by atoms with Crippen LogP contribution >= 0.6 is 0 Å². The fourth-order valence-electron chi connectivity index (χ4n) is 4.99. The van der Waals surface area contributed by atoms with Crippen molar-refractivity contribution < 1.29 is 18.4 Å². The first-order valence-electron chi connectivity index (χ1n) is 12.2. The summed E-state index contributed by atoms with van der Waals surface area (Å²) < 4.78 is 27.6. The molecule has 0 bridgehead atoms. The number of fused-ring (bicyclic) bond motifs is 2. The van der Waals surface area contributed by atoms with Gasteiger partial charge in [-0.3, -0.25) is 14.7 Å². The quantitative estimate of drug-likeness (QED) is 0.403. The molecule has 2 heterocycles. The van der Waals surface area contributed by atoms with Gasteiger partial charge in [0.2, 0.25) is 5.91 Å². The van der Waals surface area contributed by atoms with Crippen LogP contribution in [-0.4, -0.2) is 33.0 Å². The predicted octanol–water partition coefficient (Wildman–Crippen LogP) is 4.72. The number of nitrogens with one attached hydrogen (secondary N) is 2. The van der Waals surface area contributed by atoms with Gasteiger partial charge in [-0.25, -0.2) is 8.78 Å². The molecule has 9 heteroatoms. The standard InChI is InChI=1S/C29H25F2N5O2/c1-29(2,20-11-21(30)13-22(31)12-20)33-26(37)14-23-10-18-5-3-4-6-19(18)16-36(23)28(38)27-24-9-17(15-32)7-8-25(24)34-35-27/h3-9,11-13,23H,10,14,16H2,1-2H3,(H,33,37)(H,34,35)/t23-/m1/s1. The molecule has 0 spiro atoms. The molecule has 1 atom stereocenters. The number of aromatic nitrogens is 2. The Bertz CT molecular complexity index is 1580.